The van der Waals surface area contributed by atoms with Gasteiger partial charge < -0.3 is 0 Å². The van der Waals surface area contributed by atoms with Crippen LogP contribution < -0.4 is 0 Å². The maximum absolute atomic E-state index is 13.2. The van der Waals surface area contributed by atoms with E-state index in [1.54, 1.807) is 6.92 Å². The Kier molecular flexibility index (Phi) is 3.59. The fraction of sp³-hybridized carbons (Fsp3) is 0.133. The van der Waals surface area contributed by atoms with Gasteiger partial charge >= 0.3 is 6.18 Å². The molecule has 3 aromatic heterocycles. The van der Waals surface area contributed by atoms with E-state index >= 15 is 0 Å². The summed E-state index contributed by atoms with van der Waals surface area (Å²) in [6.07, 6.45) is -0.575. The molecule has 0 fully saturated rings. The second kappa shape index (κ2) is 5.45. The Morgan fingerprint density at radius 3 is 2.61 bits per heavy atom. The van der Waals surface area contributed by atoms with E-state index < -0.39 is 17.7 Å². The zero-order valence-corrected chi connectivity index (χ0v) is 11.8. The SMILES string of the molecule is Cc1nn(-c2cncc(F)c2)cc1-c1cccc(C(F)(F)F)n1. The lowest BCUT2D eigenvalue weighted by molar-refractivity contribution is -0.141. The van der Waals surface area contributed by atoms with E-state index in [1.165, 1.54) is 35.3 Å². The summed E-state index contributed by atoms with van der Waals surface area (Å²) in [5.74, 6) is -0.533. The highest BCUT2D eigenvalue weighted by molar-refractivity contribution is 5.61. The van der Waals surface area contributed by atoms with Crippen molar-refractivity contribution in [1.29, 1.82) is 0 Å². The summed E-state index contributed by atoms with van der Waals surface area (Å²) in [5, 5.41) is 4.18. The van der Waals surface area contributed by atoms with Gasteiger partial charge in [0.1, 0.15) is 11.5 Å². The number of nitrogens with zero attached hydrogens (tertiary/aromatic N) is 4. The van der Waals surface area contributed by atoms with Crippen molar-refractivity contribution in [3.63, 3.8) is 0 Å². The predicted molar refractivity (Wildman–Crippen MR) is 74.3 cm³/mol. The normalized spacial score (nSPS) is 11.7. The molecule has 8 heteroatoms. The Hall–Kier alpha value is -2.77. The van der Waals surface area contributed by atoms with Crippen LogP contribution in [-0.2, 0) is 6.18 Å². The quantitative estimate of drug-likeness (QED) is 0.674. The molecule has 0 unspecified atom stereocenters. The second-order valence-electron chi connectivity index (χ2n) is 4.84. The first-order valence-corrected chi connectivity index (χ1v) is 6.56. The van der Waals surface area contributed by atoms with Crippen molar-refractivity contribution in [1.82, 2.24) is 19.7 Å². The molecule has 118 valence electrons. The molecular formula is C15H10F4N4. The van der Waals surface area contributed by atoms with Gasteiger partial charge in [0.05, 0.1) is 29.5 Å². The largest absolute Gasteiger partial charge is 0.433 e. The fourth-order valence-corrected chi connectivity index (χ4v) is 2.11. The molecule has 0 radical (unpaired) electrons. The number of hydrogen-bond acceptors (Lipinski definition) is 3. The number of halogens is 4. The Bertz CT molecular complexity index is 855. The van der Waals surface area contributed by atoms with E-state index in [-0.39, 0.29) is 5.69 Å². The van der Waals surface area contributed by atoms with Gasteiger partial charge in [-0.05, 0) is 19.1 Å². The molecule has 3 rings (SSSR count). The molecule has 3 heterocycles. The number of rotatable bonds is 2. The molecule has 0 aromatic carbocycles. The molecule has 0 atom stereocenters. The molecule has 0 aliphatic carbocycles. The number of aromatic nitrogens is 4. The summed E-state index contributed by atoms with van der Waals surface area (Å²) in [6, 6.07) is 4.88. The zero-order chi connectivity index (χ0) is 16.6. The second-order valence-corrected chi connectivity index (χ2v) is 4.84. The lowest BCUT2D eigenvalue weighted by Crippen LogP contribution is -2.08. The molecule has 0 aliphatic heterocycles. The smallest absolute Gasteiger partial charge is 0.259 e. The van der Waals surface area contributed by atoms with E-state index in [9.17, 15) is 17.6 Å². The van der Waals surface area contributed by atoms with Gasteiger partial charge in [-0.1, -0.05) is 6.07 Å². The summed E-state index contributed by atoms with van der Waals surface area (Å²) in [6.45, 7) is 1.64. The van der Waals surface area contributed by atoms with Crippen molar-refractivity contribution >= 4 is 0 Å². The van der Waals surface area contributed by atoms with Gasteiger partial charge in [-0.25, -0.2) is 14.1 Å². The van der Waals surface area contributed by atoms with Crippen molar-refractivity contribution in [2.45, 2.75) is 13.1 Å². The van der Waals surface area contributed by atoms with Gasteiger partial charge in [0.2, 0.25) is 0 Å². The van der Waals surface area contributed by atoms with Gasteiger partial charge in [0.15, 0.2) is 0 Å². The van der Waals surface area contributed by atoms with Gasteiger partial charge in [0.25, 0.3) is 0 Å². The van der Waals surface area contributed by atoms with Crippen LogP contribution in [0.3, 0.4) is 0 Å². The van der Waals surface area contributed by atoms with E-state index in [0.717, 1.165) is 12.3 Å². The van der Waals surface area contributed by atoms with Crippen LogP contribution in [0.25, 0.3) is 16.9 Å². The van der Waals surface area contributed by atoms with Crippen molar-refractivity contribution < 1.29 is 17.6 Å². The number of pyridine rings is 2. The minimum absolute atomic E-state index is 0.146. The van der Waals surface area contributed by atoms with E-state index in [2.05, 4.69) is 15.1 Å². The highest BCUT2D eigenvalue weighted by atomic mass is 19.4. The molecule has 0 amide bonds. The highest BCUT2D eigenvalue weighted by Gasteiger charge is 2.32. The van der Waals surface area contributed by atoms with E-state index in [1.807, 2.05) is 0 Å². The molecule has 23 heavy (non-hydrogen) atoms. The summed E-state index contributed by atoms with van der Waals surface area (Å²) in [7, 11) is 0. The fourth-order valence-electron chi connectivity index (χ4n) is 2.11. The van der Waals surface area contributed by atoms with Gasteiger partial charge in [0, 0.05) is 17.8 Å². The van der Waals surface area contributed by atoms with Gasteiger partial charge in [-0.2, -0.15) is 18.3 Å². The Labute approximate surface area is 128 Å². The molecule has 4 nitrogen and oxygen atoms in total. The first-order valence-electron chi connectivity index (χ1n) is 6.56. The van der Waals surface area contributed by atoms with Crippen LogP contribution >= 0.6 is 0 Å². The number of alkyl halides is 3. The van der Waals surface area contributed by atoms with Crippen LogP contribution in [0.15, 0.2) is 42.9 Å². The highest BCUT2D eigenvalue weighted by Crippen LogP contribution is 2.30. The van der Waals surface area contributed by atoms with E-state index in [4.69, 9.17) is 0 Å². The maximum atomic E-state index is 13.2. The van der Waals surface area contributed by atoms with Crippen LogP contribution in [0.5, 0.6) is 0 Å². The Morgan fingerprint density at radius 2 is 1.91 bits per heavy atom. The number of aryl methyl sites for hydroxylation is 1. The third kappa shape index (κ3) is 3.05. The van der Waals surface area contributed by atoms with Crippen LogP contribution in [0, 0.1) is 12.7 Å². The average Bonchev–Trinajstić information content (AvgIpc) is 2.89. The molecule has 0 saturated carbocycles. The third-order valence-electron chi connectivity index (χ3n) is 3.17. The first kappa shape index (κ1) is 15.1. The Balaban J connectivity index is 2.05. The van der Waals surface area contributed by atoms with Crippen molar-refractivity contribution in [2.24, 2.45) is 0 Å². The summed E-state index contributed by atoms with van der Waals surface area (Å²) in [4.78, 5) is 7.35. The minimum atomic E-state index is -4.52. The Morgan fingerprint density at radius 1 is 1.13 bits per heavy atom. The lowest BCUT2D eigenvalue weighted by atomic mass is 10.1. The van der Waals surface area contributed by atoms with Crippen LogP contribution in [0.2, 0.25) is 0 Å². The molecule has 0 spiro atoms. The third-order valence-corrected chi connectivity index (χ3v) is 3.17. The molecule has 0 aliphatic rings. The summed E-state index contributed by atoms with van der Waals surface area (Å²) >= 11 is 0. The van der Waals surface area contributed by atoms with Crippen LogP contribution in [0.4, 0.5) is 17.6 Å². The van der Waals surface area contributed by atoms with Gasteiger partial charge in [-0.3, -0.25) is 4.98 Å². The summed E-state index contributed by atoms with van der Waals surface area (Å²) < 4.78 is 52.9. The van der Waals surface area contributed by atoms with Crippen LogP contribution in [-0.4, -0.2) is 19.7 Å². The van der Waals surface area contributed by atoms with Crippen molar-refractivity contribution in [2.75, 3.05) is 0 Å². The topological polar surface area (TPSA) is 43.6 Å². The molecule has 0 saturated heterocycles. The standard InChI is InChI=1S/C15H10F4N4/c1-9-12(13-3-2-4-14(21-13)15(17,18)19)8-23(22-9)11-5-10(16)6-20-7-11/h2-8H,1H3. The predicted octanol–water partition coefficient (Wildman–Crippen LogP) is 3.80. The molecular weight excluding hydrogens is 312 g/mol. The average molecular weight is 322 g/mol. The molecule has 3 aromatic rings. The van der Waals surface area contributed by atoms with Crippen LogP contribution in [0.1, 0.15) is 11.4 Å². The maximum Gasteiger partial charge on any atom is 0.433 e. The van der Waals surface area contributed by atoms with E-state index in [0.29, 0.717) is 16.9 Å². The van der Waals surface area contributed by atoms with Crippen molar-refractivity contribution in [3.05, 3.63) is 60.1 Å². The first-order chi connectivity index (χ1) is 10.8. The zero-order valence-electron chi connectivity index (χ0n) is 11.8. The minimum Gasteiger partial charge on any atom is -0.259 e. The summed E-state index contributed by atoms with van der Waals surface area (Å²) in [5.41, 5.74) is 0.440. The molecule has 0 bridgehead atoms. The lowest BCUT2D eigenvalue weighted by Gasteiger charge is -2.06. The number of hydrogen-bond donors (Lipinski definition) is 0. The molecule has 0 N–H and O–H groups in total. The monoisotopic (exact) mass is 322 g/mol. The van der Waals surface area contributed by atoms with Crippen molar-refractivity contribution in [3.8, 4) is 16.9 Å². The van der Waals surface area contributed by atoms with Gasteiger partial charge in [-0.15, -0.1) is 0 Å².